The molecule has 288 valence electrons. The van der Waals surface area contributed by atoms with Crippen molar-refractivity contribution in [2.45, 2.75) is 96.3 Å². The number of rotatable bonds is 5. The molecule has 1 aliphatic carbocycles. The molecular formula is C40H58ClN3O7S. The molecule has 2 fully saturated rings. The summed E-state index contributed by atoms with van der Waals surface area (Å²) in [6, 6.07) is 11.4. The summed E-state index contributed by atoms with van der Waals surface area (Å²) in [6.45, 7) is 10.6. The molecule has 4 aliphatic rings. The van der Waals surface area contributed by atoms with Gasteiger partial charge in [-0.05, 0) is 118 Å². The number of hydrogen-bond donors (Lipinski definition) is 1. The number of ether oxygens (including phenoxy) is 4. The normalized spacial score (nSPS) is 31.6. The molecule has 6 rings (SSSR count). The monoisotopic (exact) mass is 759 g/mol. The lowest BCUT2D eigenvalue weighted by Crippen LogP contribution is -2.55. The number of amides is 1. The Hall–Kier alpha value is -2.41. The van der Waals surface area contributed by atoms with Crippen LogP contribution in [0, 0.1) is 23.2 Å². The standard InChI is InChI=1S/C40H58ClN3O7S/c1-27-9-8-11-34(39-50-24-33(25-51-39)43(4)19-20-48-5)35-16-17-40(35,3)26-44-18-7-6-10-29-21-32(41)14-12-31(29)23-49-37-15-13-30(22-36(37)44)38(45)42-52(46,47)28(27)2/h12-15,21-22,27-28,33-35,39H,6-11,16-20,23-26H2,1-5H3,(H,42,45)/t27-,28+,33?,34-,35-,39?,40?/m0/s1. The number of carbonyl (C=O) groups is 1. The number of nitrogens with one attached hydrogen (secondary N) is 1. The molecule has 1 amide bonds. The number of nitrogens with zero attached hydrogens (tertiary/aromatic N) is 2. The summed E-state index contributed by atoms with van der Waals surface area (Å²) < 4.78 is 54.5. The van der Waals surface area contributed by atoms with Crippen LogP contribution in [0.5, 0.6) is 5.75 Å². The van der Waals surface area contributed by atoms with Gasteiger partial charge in [0.2, 0.25) is 10.0 Å². The zero-order valence-corrected chi connectivity index (χ0v) is 33.1. The molecule has 0 aromatic heterocycles. The van der Waals surface area contributed by atoms with Crippen LogP contribution in [0.4, 0.5) is 5.69 Å². The first-order chi connectivity index (χ1) is 24.9. The van der Waals surface area contributed by atoms with Crippen LogP contribution >= 0.6 is 11.6 Å². The molecule has 1 saturated carbocycles. The van der Waals surface area contributed by atoms with Crippen LogP contribution < -0.4 is 14.4 Å². The van der Waals surface area contributed by atoms with E-state index in [0.717, 1.165) is 82.3 Å². The van der Waals surface area contributed by atoms with Crippen molar-refractivity contribution in [2.24, 2.45) is 23.2 Å². The van der Waals surface area contributed by atoms with Crippen molar-refractivity contribution < 1.29 is 32.2 Å². The molecule has 2 aromatic carbocycles. The highest BCUT2D eigenvalue weighted by Crippen LogP contribution is 2.54. The largest absolute Gasteiger partial charge is 0.487 e. The van der Waals surface area contributed by atoms with Gasteiger partial charge in [-0.3, -0.25) is 9.69 Å². The van der Waals surface area contributed by atoms with E-state index < -0.39 is 21.2 Å². The van der Waals surface area contributed by atoms with Crippen molar-refractivity contribution in [3.63, 3.8) is 0 Å². The Labute approximate surface area is 315 Å². The highest BCUT2D eigenvalue weighted by molar-refractivity contribution is 7.90. The maximum Gasteiger partial charge on any atom is 0.264 e. The van der Waals surface area contributed by atoms with Crippen molar-refractivity contribution >= 4 is 33.2 Å². The van der Waals surface area contributed by atoms with Gasteiger partial charge in [-0.2, -0.15) is 0 Å². The number of carbonyl (C=O) groups excluding carboxylic acids is 1. The lowest BCUT2D eigenvalue weighted by atomic mass is 9.55. The van der Waals surface area contributed by atoms with Crippen LogP contribution in [0.3, 0.4) is 0 Å². The Balaban J connectivity index is 1.34. The number of sulfonamides is 1. The molecule has 3 heterocycles. The number of benzene rings is 2. The van der Waals surface area contributed by atoms with Crippen molar-refractivity contribution in [3.8, 4) is 5.75 Å². The molecule has 5 atom stereocenters. The summed E-state index contributed by atoms with van der Waals surface area (Å²) in [5.74, 6) is 0.427. The molecule has 2 aromatic rings. The minimum atomic E-state index is -3.93. The van der Waals surface area contributed by atoms with Crippen LogP contribution in [0.25, 0.3) is 0 Å². The highest BCUT2D eigenvalue weighted by atomic mass is 35.5. The lowest BCUT2D eigenvalue weighted by molar-refractivity contribution is -0.248. The number of methoxy groups -OCH3 is 1. The van der Waals surface area contributed by atoms with Gasteiger partial charge in [0, 0.05) is 43.2 Å². The average molecular weight is 760 g/mol. The molecule has 0 radical (unpaired) electrons. The van der Waals surface area contributed by atoms with E-state index in [9.17, 15) is 13.2 Å². The Morgan fingerprint density at radius 1 is 1.04 bits per heavy atom. The molecule has 1 saturated heterocycles. The third kappa shape index (κ3) is 8.92. The van der Waals surface area contributed by atoms with Gasteiger partial charge in [0.1, 0.15) is 12.4 Å². The smallest absolute Gasteiger partial charge is 0.264 e. The maximum atomic E-state index is 13.6. The van der Waals surface area contributed by atoms with Gasteiger partial charge in [0.25, 0.3) is 5.91 Å². The number of fused-ring (bicyclic) bond motifs is 3. The van der Waals surface area contributed by atoms with E-state index in [-0.39, 0.29) is 29.6 Å². The quantitative estimate of drug-likeness (QED) is 0.358. The Morgan fingerprint density at radius 2 is 1.83 bits per heavy atom. The second-order valence-corrected chi connectivity index (χ2v) is 18.5. The van der Waals surface area contributed by atoms with Gasteiger partial charge in [-0.25, -0.2) is 13.1 Å². The fourth-order valence-corrected chi connectivity index (χ4v) is 10.2. The summed E-state index contributed by atoms with van der Waals surface area (Å²) >= 11 is 6.40. The molecule has 1 N–H and O–H groups in total. The van der Waals surface area contributed by atoms with Gasteiger partial charge in [0.15, 0.2) is 6.29 Å². The SMILES string of the molecule is COCCN(C)C1COC([C@H]2CCC[C@H](C)[C@@H](C)S(=O)(=O)NC(=O)c3ccc4c(c3)N(CCCCc3cc(Cl)ccc3CO4)CC3(C)CC[C@@H]23)OC1. The van der Waals surface area contributed by atoms with E-state index in [1.165, 1.54) is 5.56 Å². The van der Waals surface area contributed by atoms with Gasteiger partial charge >= 0.3 is 0 Å². The minimum Gasteiger partial charge on any atom is -0.487 e. The zero-order chi connectivity index (χ0) is 37.0. The lowest BCUT2D eigenvalue weighted by Gasteiger charge is -2.55. The molecule has 0 spiro atoms. The van der Waals surface area contributed by atoms with Crippen LogP contribution in [0.15, 0.2) is 36.4 Å². The fraction of sp³-hybridized carbons (Fsp3) is 0.675. The summed E-state index contributed by atoms with van der Waals surface area (Å²) in [6.07, 6.45) is 7.08. The Bertz CT molecular complexity index is 1650. The third-order valence-electron chi connectivity index (χ3n) is 12.5. The number of likely N-dealkylation sites (N-methyl/N-ethyl adjacent to an activating group) is 1. The zero-order valence-electron chi connectivity index (χ0n) is 31.6. The molecule has 12 heteroatoms. The predicted octanol–water partition coefficient (Wildman–Crippen LogP) is 6.68. The number of anilines is 1. The first-order valence-corrected chi connectivity index (χ1v) is 21.1. The second kappa shape index (κ2) is 16.9. The van der Waals surface area contributed by atoms with E-state index in [1.54, 1.807) is 20.1 Å². The number of halogens is 1. The molecule has 3 aliphatic heterocycles. The summed E-state index contributed by atoms with van der Waals surface area (Å²) in [5, 5.41) is -0.0249. The van der Waals surface area contributed by atoms with Gasteiger partial charge in [-0.15, -0.1) is 0 Å². The van der Waals surface area contributed by atoms with E-state index in [0.29, 0.717) is 48.7 Å². The van der Waals surface area contributed by atoms with E-state index >= 15 is 0 Å². The average Bonchev–Trinajstić information content (AvgIpc) is 3.15. The first-order valence-electron chi connectivity index (χ1n) is 19.2. The van der Waals surface area contributed by atoms with Crippen molar-refractivity contribution in [3.05, 3.63) is 58.1 Å². The highest BCUT2D eigenvalue weighted by Gasteiger charge is 2.51. The van der Waals surface area contributed by atoms with E-state index in [1.807, 2.05) is 37.3 Å². The summed E-state index contributed by atoms with van der Waals surface area (Å²) in [7, 11) is -0.126. The van der Waals surface area contributed by atoms with Crippen LogP contribution in [0.2, 0.25) is 5.02 Å². The van der Waals surface area contributed by atoms with E-state index in [2.05, 4.69) is 28.5 Å². The van der Waals surface area contributed by atoms with Crippen molar-refractivity contribution in [2.75, 3.05) is 58.5 Å². The molecule has 1 unspecified atom stereocenters. The van der Waals surface area contributed by atoms with Crippen LogP contribution in [-0.4, -0.2) is 90.4 Å². The van der Waals surface area contributed by atoms with E-state index in [4.69, 9.17) is 30.5 Å². The maximum absolute atomic E-state index is 13.6. The summed E-state index contributed by atoms with van der Waals surface area (Å²) in [4.78, 5) is 18.2. The van der Waals surface area contributed by atoms with Gasteiger partial charge < -0.3 is 23.8 Å². The first kappa shape index (κ1) is 39.3. The van der Waals surface area contributed by atoms with Crippen LogP contribution in [-0.2, 0) is 37.3 Å². The van der Waals surface area contributed by atoms with Gasteiger partial charge in [0.05, 0.1) is 36.8 Å². The van der Waals surface area contributed by atoms with Crippen molar-refractivity contribution in [1.82, 2.24) is 9.62 Å². The fourth-order valence-electron chi connectivity index (χ4n) is 8.67. The second-order valence-electron chi connectivity index (χ2n) is 16.0. The van der Waals surface area contributed by atoms with Crippen LogP contribution in [0.1, 0.15) is 87.2 Å². The third-order valence-corrected chi connectivity index (χ3v) is 14.6. The Kier molecular flexibility index (Phi) is 12.8. The molecule has 2 bridgehead atoms. The number of hydrogen-bond acceptors (Lipinski definition) is 9. The summed E-state index contributed by atoms with van der Waals surface area (Å²) in [5.41, 5.74) is 3.35. The van der Waals surface area contributed by atoms with Crippen molar-refractivity contribution in [1.29, 1.82) is 0 Å². The minimum absolute atomic E-state index is 0.0327. The Morgan fingerprint density at radius 3 is 2.56 bits per heavy atom. The molecule has 52 heavy (non-hydrogen) atoms. The molecule has 10 nitrogen and oxygen atoms in total. The van der Waals surface area contributed by atoms with Gasteiger partial charge in [-0.1, -0.05) is 37.9 Å². The predicted molar refractivity (Wildman–Crippen MR) is 205 cm³/mol. The number of aryl methyl sites for hydroxylation is 1. The molecular weight excluding hydrogens is 702 g/mol. The topological polar surface area (TPSA) is 107 Å².